The van der Waals surface area contributed by atoms with Crippen molar-refractivity contribution in [1.29, 1.82) is 0 Å². The third-order valence-electron chi connectivity index (χ3n) is 4.73. The van der Waals surface area contributed by atoms with Gasteiger partial charge >= 0.3 is 0 Å². The van der Waals surface area contributed by atoms with Gasteiger partial charge in [-0.05, 0) is 66.1 Å². The molecule has 3 rings (SSSR count). The van der Waals surface area contributed by atoms with E-state index in [9.17, 15) is 0 Å². The smallest absolute Gasteiger partial charge is 0.0675 e. The predicted molar refractivity (Wildman–Crippen MR) is 92.9 cm³/mol. The van der Waals surface area contributed by atoms with Crippen LogP contribution in [0.4, 0.5) is 0 Å². The second-order valence-corrected chi connectivity index (χ2v) is 9.09. The van der Waals surface area contributed by atoms with E-state index in [0.29, 0.717) is 17.4 Å². The minimum Gasteiger partial charge on any atom is -0.377 e. The molecule has 4 heteroatoms. The molecule has 1 aliphatic carbocycles. The van der Waals surface area contributed by atoms with Crippen molar-refractivity contribution in [3.63, 3.8) is 0 Å². The van der Waals surface area contributed by atoms with Crippen molar-refractivity contribution < 1.29 is 4.74 Å². The van der Waals surface area contributed by atoms with Crippen molar-refractivity contribution in [3.8, 4) is 0 Å². The molecule has 2 fully saturated rings. The lowest BCUT2D eigenvalue weighted by molar-refractivity contribution is 0.0307. The quantitative estimate of drug-likeness (QED) is 0.762. The third-order valence-corrected chi connectivity index (χ3v) is 6.43. The zero-order chi connectivity index (χ0) is 14.9. The van der Waals surface area contributed by atoms with Gasteiger partial charge in [-0.3, -0.25) is 0 Å². The summed E-state index contributed by atoms with van der Waals surface area (Å²) in [6.45, 7) is 7.70. The van der Waals surface area contributed by atoms with Crippen LogP contribution in [0.2, 0.25) is 0 Å². The number of thiophene rings is 1. The zero-order valence-corrected chi connectivity index (χ0v) is 15.4. The average Bonchev–Trinajstić information content (AvgIpc) is 3.06. The molecule has 0 spiro atoms. The molecule has 2 aliphatic rings. The maximum atomic E-state index is 6.18. The fourth-order valence-corrected chi connectivity index (χ4v) is 5.19. The molecular weight excluding hydrogens is 346 g/mol. The number of halogens is 1. The monoisotopic (exact) mass is 371 g/mol. The fourth-order valence-electron chi connectivity index (χ4n) is 3.59. The maximum Gasteiger partial charge on any atom is 0.0675 e. The number of hydrogen-bond acceptors (Lipinski definition) is 3. The van der Waals surface area contributed by atoms with Crippen molar-refractivity contribution in [1.82, 2.24) is 5.32 Å². The van der Waals surface area contributed by atoms with Gasteiger partial charge < -0.3 is 10.1 Å². The molecule has 1 aromatic rings. The Kier molecular flexibility index (Phi) is 5.09. The van der Waals surface area contributed by atoms with E-state index in [1.54, 1.807) is 0 Å². The molecule has 2 unspecified atom stereocenters. The number of nitrogens with one attached hydrogen (secondary N) is 1. The lowest BCUT2D eigenvalue weighted by Crippen LogP contribution is -2.44. The van der Waals surface area contributed by atoms with Gasteiger partial charge in [0.1, 0.15) is 0 Å². The second-order valence-electron chi connectivity index (χ2n) is 7.17. The van der Waals surface area contributed by atoms with Crippen molar-refractivity contribution in [2.75, 3.05) is 19.7 Å². The molecule has 2 nitrogen and oxygen atoms in total. The van der Waals surface area contributed by atoms with Crippen molar-refractivity contribution in [2.45, 2.75) is 45.6 Å². The number of hydrogen-bond donors (Lipinski definition) is 1. The minimum absolute atomic E-state index is 0.306. The molecule has 1 saturated carbocycles. The summed E-state index contributed by atoms with van der Waals surface area (Å²) in [5.74, 6) is 1.52. The largest absolute Gasteiger partial charge is 0.377 e. The molecule has 1 N–H and O–H groups in total. The molecule has 1 aliphatic heterocycles. The Balaban J connectivity index is 1.73. The van der Waals surface area contributed by atoms with E-state index in [1.807, 2.05) is 11.3 Å². The van der Waals surface area contributed by atoms with Gasteiger partial charge in [0.2, 0.25) is 0 Å². The summed E-state index contributed by atoms with van der Waals surface area (Å²) in [6, 6.07) is 2.29. The van der Waals surface area contributed by atoms with Gasteiger partial charge in [-0.2, -0.15) is 0 Å². The first kappa shape index (κ1) is 16.0. The molecule has 0 amide bonds. The Morgan fingerprint density at radius 3 is 2.90 bits per heavy atom. The minimum atomic E-state index is 0.306. The molecule has 2 atom stereocenters. The van der Waals surface area contributed by atoms with Gasteiger partial charge in [0.25, 0.3) is 0 Å². The molecular formula is C17H26BrNOS. The summed E-state index contributed by atoms with van der Waals surface area (Å²) >= 11 is 5.47. The number of rotatable bonds is 7. The lowest BCUT2D eigenvalue weighted by Gasteiger charge is -2.35. The molecule has 2 heterocycles. The predicted octanol–water partition coefficient (Wildman–Crippen LogP) is 4.48. The summed E-state index contributed by atoms with van der Waals surface area (Å²) in [4.78, 5) is 1.49. The van der Waals surface area contributed by atoms with Gasteiger partial charge in [0.05, 0.1) is 6.10 Å². The Morgan fingerprint density at radius 2 is 2.29 bits per heavy atom. The van der Waals surface area contributed by atoms with Crippen LogP contribution >= 0.6 is 27.3 Å². The first-order valence-electron chi connectivity index (χ1n) is 8.14. The van der Waals surface area contributed by atoms with E-state index in [2.05, 4.69) is 46.5 Å². The van der Waals surface area contributed by atoms with Crippen molar-refractivity contribution >= 4 is 27.3 Å². The standard InChI is InChI=1S/C17H26BrNOS/c1-12(2)9-19-11-17(8-15-7-14(18)10-21-15)5-6-20-16(17)13-3-4-13/h7,10,12-13,16,19H,3-6,8-9,11H2,1-2H3. The molecule has 1 saturated heterocycles. The summed E-state index contributed by atoms with van der Waals surface area (Å²) in [7, 11) is 0. The Bertz CT molecular complexity index is 471. The third kappa shape index (κ3) is 3.90. The van der Waals surface area contributed by atoms with E-state index in [1.165, 1.54) is 28.6 Å². The van der Waals surface area contributed by atoms with Crippen molar-refractivity contribution in [3.05, 3.63) is 20.8 Å². The van der Waals surface area contributed by atoms with Crippen LogP contribution in [0.5, 0.6) is 0 Å². The SMILES string of the molecule is CC(C)CNCC1(Cc2cc(Br)cs2)CCOC1C1CC1. The van der Waals surface area contributed by atoms with E-state index in [4.69, 9.17) is 4.74 Å². The topological polar surface area (TPSA) is 21.3 Å². The lowest BCUT2D eigenvalue weighted by atomic mass is 9.75. The van der Waals surface area contributed by atoms with Crippen LogP contribution in [0.1, 0.15) is 38.0 Å². The molecule has 0 radical (unpaired) electrons. The van der Waals surface area contributed by atoms with Gasteiger partial charge in [0, 0.05) is 33.3 Å². The highest BCUT2D eigenvalue weighted by Gasteiger charge is 2.50. The zero-order valence-electron chi connectivity index (χ0n) is 13.0. The first-order chi connectivity index (χ1) is 10.1. The summed E-state index contributed by atoms with van der Waals surface area (Å²) in [5.41, 5.74) is 0.306. The van der Waals surface area contributed by atoms with Gasteiger partial charge in [-0.15, -0.1) is 11.3 Å². The summed E-state index contributed by atoms with van der Waals surface area (Å²) in [6.07, 6.45) is 5.57. The Labute approximate surface area is 140 Å². The van der Waals surface area contributed by atoms with E-state index < -0.39 is 0 Å². The summed E-state index contributed by atoms with van der Waals surface area (Å²) in [5, 5.41) is 5.92. The van der Waals surface area contributed by atoms with Gasteiger partial charge in [0.15, 0.2) is 0 Å². The van der Waals surface area contributed by atoms with E-state index in [0.717, 1.165) is 32.0 Å². The highest BCUT2D eigenvalue weighted by Crippen LogP contribution is 2.49. The highest BCUT2D eigenvalue weighted by molar-refractivity contribution is 9.10. The molecule has 0 bridgehead atoms. The van der Waals surface area contributed by atoms with E-state index in [-0.39, 0.29) is 0 Å². The van der Waals surface area contributed by atoms with Crippen LogP contribution < -0.4 is 5.32 Å². The Morgan fingerprint density at radius 1 is 1.48 bits per heavy atom. The van der Waals surface area contributed by atoms with E-state index >= 15 is 0 Å². The average molecular weight is 372 g/mol. The Hall–Kier alpha value is 0.1000. The van der Waals surface area contributed by atoms with Crippen LogP contribution in [0.25, 0.3) is 0 Å². The molecule has 21 heavy (non-hydrogen) atoms. The maximum absolute atomic E-state index is 6.18. The fraction of sp³-hybridized carbons (Fsp3) is 0.765. The summed E-state index contributed by atoms with van der Waals surface area (Å²) < 4.78 is 7.40. The molecule has 1 aromatic heterocycles. The van der Waals surface area contributed by atoms with Crippen LogP contribution in [0.3, 0.4) is 0 Å². The molecule has 118 valence electrons. The van der Waals surface area contributed by atoms with Crippen LogP contribution in [-0.4, -0.2) is 25.8 Å². The van der Waals surface area contributed by atoms with Crippen LogP contribution in [0, 0.1) is 17.3 Å². The number of ether oxygens (including phenoxy) is 1. The molecule has 0 aromatic carbocycles. The van der Waals surface area contributed by atoms with Crippen LogP contribution in [0.15, 0.2) is 15.9 Å². The normalized spacial score (nSPS) is 29.4. The van der Waals surface area contributed by atoms with Crippen molar-refractivity contribution in [2.24, 2.45) is 17.3 Å². The van der Waals surface area contributed by atoms with Gasteiger partial charge in [-0.25, -0.2) is 0 Å². The second kappa shape index (κ2) is 6.69. The first-order valence-corrected chi connectivity index (χ1v) is 9.81. The van der Waals surface area contributed by atoms with Gasteiger partial charge in [-0.1, -0.05) is 13.8 Å². The van der Waals surface area contributed by atoms with Crippen LogP contribution in [-0.2, 0) is 11.2 Å². The highest BCUT2D eigenvalue weighted by atomic mass is 79.9.